The highest BCUT2D eigenvalue weighted by molar-refractivity contribution is 6.03. The van der Waals surface area contributed by atoms with E-state index in [0.29, 0.717) is 6.54 Å². The average molecular weight is 253 g/mol. The van der Waals surface area contributed by atoms with Crippen molar-refractivity contribution in [1.29, 1.82) is 0 Å². The van der Waals surface area contributed by atoms with Crippen LogP contribution < -0.4 is 10.1 Å². The SMILES string of the molecule is COc1ccc(C(=O)C2CNc3ccccc32)cc1. The summed E-state index contributed by atoms with van der Waals surface area (Å²) in [7, 11) is 1.62. The number of hydrogen-bond donors (Lipinski definition) is 1. The Balaban J connectivity index is 1.89. The standard InChI is InChI=1S/C16H15NO2/c1-19-12-8-6-11(7-9-12)16(18)14-10-17-15-5-3-2-4-13(14)15/h2-9,14,17H,10H2,1H3. The molecule has 0 saturated heterocycles. The number of fused-ring (bicyclic) bond motifs is 1. The zero-order chi connectivity index (χ0) is 13.2. The maximum absolute atomic E-state index is 12.5. The van der Waals surface area contributed by atoms with Gasteiger partial charge in [0.25, 0.3) is 0 Å². The molecule has 0 aliphatic carbocycles. The molecule has 1 atom stereocenters. The number of nitrogens with one attached hydrogen (secondary N) is 1. The Morgan fingerprint density at radius 2 is 1.89 bits per heavy atom. The molecule has 0 saturated carbocycles. The van der Waals surface area contributed by atoms with E-state index in [4.69, 9.17) is 4.74 Å². The summed E-state index contributed by atoms with van der Waals surface area (Å²) in [4.78, 5) is 12.5. The summed E-state index contributed by atoms with van der Waals surface area (Å²) in [6.45, 7) is 0.671. The number of Topliss-reactive ketones (excluding diaryl/α,β-unsaturated/α-hetero) is 1. The Kier molecular flexibility index (Phi) is 2.95. The second-order valence-electron chi connectivity index (χ2n) is 4.61. The van der Waals surface area contributed by atoms with Gasteiger partial charge in [0.05, 0.1) is 13.0 Å². The minimum atomic E-state index is -0.0930. The fourth-order valence-electron chi connectivity index (χ4n) is 2.47. The monoisotopic (exact) mass is 253 g/mol. The topological polar surface area (TPSA) is 38.3 Å². The minimum Gasteiger partial charge on any atom is -0.497 e. The van der Waals surface area contributed by atoms with Crippen molar-refractivity contribution in [3.63, 3.8) is 0 Å². The lowest BCUT2D eigenvalue weighted by Gasteiger charge is -2.09. The van der Waals surface area contributed by atoms with Gasteiger partial charge in [0, 0.05) is 17.8 Å². The number of benzene rings is 2. The average Bonchev–Trinajstić information content (AvgIpc) is 2.90. The first-order chi connectivity index (χ1) is 9.29. The summed E-state index contributed by atoms with van der Waals surface area (Å²) in [5, 5.41) is 3.28. The van der Waals surface area contributed by atoms with Crippen LogP contribution >= 0.6 is 0 Å². The van der Waals surface area contributed by atoms with Gasteiger partial charge in [-0.2, -0.15) is 0 Å². The third kappa shape index (κ3) is 2.08. The zero-order valence-electron chi connectivity index (χ0n) is 10.7. The summed E-state index contributed by atoms with van der Waals surface area (Å²) >= 11 is 0. The lowest BCUT2D eigenvalue weighted by atomic mass is 9.92. The van der Waals surface area contributed by atoms with Gasteiger partial charge in [0.15, 0.2) is 5.78 Å². The third-order valence-electron chi connectivity index (χ3n) is 3.52. The number of methoxy groups -OCH3 is 1. The molecule has 1 heterocycles. The number of hydrogen-bond acceptors (Lipinski definition) is 3. The Morgan fingerprint density at radius 3 is 2.63 bits per heavy atom. The van der Waals surface area contributed by atoms with Crippen molar-refractivity contribution < 1.29 is 9.53 Å². The normalized spacial score (nSPS) is 16.6. The maximum atomic E-state index is 12.5. The highest BCUT2D eigenvalue weighted by atomic mass is 16.5. The molecule has 0 bridgehead atoms. The van der Waals surface area contributed by atoms with E-state index in [9.17, 15) is 4.79 Å². The van der Waals surface area contributed by atoms with Crippen LogP contribution in [-0.4, -0.2) is 19.4 Å². The van der Waals surface area contributed by atoms with E-state index in [-0.39, 0.29) is 11.7 Å². The van der Waals surface area contributed by atoms with Crippen molar-refractivity contribution in [3.8, 4) is 5.75 Å². The predicted octanol–water partition coefficient (Wildman–Crippen LogP) is 3.09. The van der Waals surface area contributed by atoms with Gasteiger partial charge in [0.1, 0.15) is 5.75 Å². The van der Waals surface area contributed by atoms with Gasteiger partial charge in [-0.1, -0.05) is 18.2 Å². The molecule has 1 unspecified atom stereocenters. The first-order valence-corrected chi connectivity index (χ1v) is 6.30. The summed E-state index contributed by atoms with van der Waals surface area (Å²) < 4.78 is 5.11. The van der Waals surface area contributed by atoms with E-state index in [1.54, 1.807) is 7.11 Å². The molecule has 1 aliphatic heterocycles. The molecule has 1 N–H and O–H groups in total. The predicted molar refractivity (Wildman–Crippen MR) is 75.0 cm³/mol. The van der Waals surface area contributed by atoms with Crippen LogP contribution in [0.5, 0.6) is 5.75 Å². The maximum Gasteiger partial charge on any atom is 0.172 e. The fraction of sp³-hybridized carbons (Fsp3) is 0.188. The molecular weight excluding hydrogens is 238 g/mol. The van der Waals surface area contributed by atoms with Crippen molar-refractivity contribution in [2.75, 3.05) is 19.0 Å². The molecule has 0 radical (unpaired) electrons. The van der Waals surface area contributed by atoms with Crippen molar-refractivity contribution >= 4 is 11.5 Å². The Morgan fingerprint density at radius 1 is 1.16 bits per heavy atom. The second-order valence-corrected chi connectivity index (χ2v) is 4.61. The molecule has 19 heavy (non-hydrogen) atoms. The van der Waals surface area contributed by atoms with Crippen LogP contribution in [0.1, 0.15) is 21.8 Å². The van der Waals surface area contributed by atoms with Gasteiger partial charge in [-0.25, -0.2) is 0 Å². The van der Waals surface area contributed by atoms with Crippen LogP contribution in [0.3, 0.4) is 0 Å². The summed E-state index contributed by atoms with van der Waals surface area (Å²) in [6.07, 6.45) is 0. The smallest absolute Gasteiger partial charge is 0.172 e. The summed E-state index contributed by atoms with van der Waals surface area (Å²) in [5.41, 5.74) is 2.88. The second kappa shape index (κ2) is 4.76. The molecule has 0 spiro atoms. The van der Waals surface area contributed by atoms with Gasteiger partial charge in [-0.15, -0.1) is 0 Å². The zero-order valence-corrected chi connectivity index (χ0v) is 10.7. The molecule has 96 valence electrons. The van der Waals surface area contributed by atoms with Crippen molar-refractivity contribution in [2.45, 2.75) is 5.92 Å². The Bertz CT molecular complexity index is 604. The molecule has 0 amide bonds. The first-order valence-electron chi connectivity index (χ1n) is 6.30. The van der Waals surface area contributed by atoms with Crippen LogP contribution in [-0.2, 0) is 0 Å². The fourth-order valence-corrected chi connectivity index (χ4v) is 2.47. The van der Waals surface area contributed by atoms with Gasteiger partial charge >= 0.3 is 0 Å². The largest absolute Gasteiger partial charge is 0.497 e. The van der Waals surface area contributed by atoms with Crippen LogP contribution in [0.15, 0.2) is 48.5 Å². The van der Waals surface area contributed by atoms with Crippen molar-refractivity contribution in [1.82, 2.24) is 0 Å². The molecule has 2 aromatic carbocycles. The number of para-hydroxylation sites is 1. The van der Waals surface area contributed by atoms with E-state index >= 15 is 0 Å². The number of ether oxygens (including phenoxy) is 1. The van der Waals surface area contributed by atoms with E-state index < -0.39 is 0 Å². The lowest BCUT2D eigenvalue weighted by Crippen LogP contribution is -2.14. The van der Waals surface area contributed by atoms with Crippen LogP contribution in [0.4, 0.5) is 5.69 Å². The molecular formula is C16H15NO2. The molecule has 3 heteroatoms. The number of anilines is 1. The van der Waals surface area contributed by atoms with Crippen LogP contribution in [0.2, 0.25) is 0 Å². The van der Waals surface area contributed by atoms with Crippen molar-refractivity contribution in [3.05, 3.63) is 59.7 Å². The van der Waals surface area contributed by atoms with E-state index in [1.165, 1.54) is 0 Å². The van der Waals surface area contributed by atoms with Gasteiger partial charge in [0.2, 0.25) is 0 Å². The Hall–Kier alpha value is -2.29. The summed E-state index contributed by atoms with van der Waals surface area (Å²) in [5.74, 6) is 0.825. The van der Waals surface area contributed by atoms with Gasteiger partial charge in [-0.3, -0.25) is 4.79 Å². The molecule has 3 rings (SSSR count). The Labute approximate surface area is 112 Å². The number of carbonyl (C=O) groups excluding carboxylic acids is 1. The summed E-state index contributed by atoms with van der Waals surface area (Å²) in [6, 6.07) is 15.3. The lowest BCUT2D eigenvalue weighted by molar-refractivity contribution is 0.0966. The van der Waals surface area contributed by atoms with Crippen LogP contribution in [0.25, 0.3) is 0 Å². The molecule has 1 aliphatic rings. The van der Waals surface area contributed by atoms with E-state index in [0.717, 1.165) is 22.6 Å². The number of rotatable bonds is 3. The highest BCUT2D eigenvalue weighted by Crippen LogP contribution is 2.33. The van der Waals surface area contributed by atoms with Crippen molar-refractivity contribution in [2.24, 2.45) is 0 Å². The van der Waals surface area contributed by atoms with E-state index in [1.807, 2.05) is 48.5 Å². The molecule has 0 aromatic heterocycles. The quantitative estimate of drug-likeness (QED) is 0.854. The first kappa shape index (κ1) is 11.8. The highest BCUT2D eigenvalue weighted by Gasteiger charge is 2.28. The van der Waals surface area contributed by atoms with E-state index in [2.05, 4.69) is 5.32 Å². The van der Waals surface area contributed by atoms with Gasteiger partial charge in [-0.05, 0) is 35.9 Å². The third-order valence-corrected chi connectivity index (χ3v) is 3.52. The molecule has 2 aromatic rings. The van der Waals surface area contributed by atoms with Gasteiger partial charge < -0.3 is 10.1 Å². The van der Waals surface area contributed by atoms with Crippen LogP contribution in [0, 0.1) is 0 Å². The number of ketones is 1. The molecule has 3 nitrogen and oxygen atoms in total. The number of carbonyl (C=O) groups is 1. The molecule has 0 fully saturated rings. The minimum absolute atomic E-state index is 0.0930.